The quantitative estimate of drug-likeness (QED) is 0.116. The first-order valence-electron chi connectivity index (χ1n) is 10.7. The molecule has 0 aromatic heterocycles. The molecule has 9 heteroatoms. The Morgan fingerprint density at radius 2 is 1.20 bits per heavy atom. The summed E-state index contributed by atoms with van der Waals surface area (Å²) in [5, 5.41) is 31.3. The Balaban J connectivity index is 1.88. The van der Waals surface area contributed by atoms with E-state index in [-0.39, 0.29) is 11.8 Å². The molecule has 0 fully saturated rings. The highest BCUT2D eigenvalue weighted by atomic mass is 16.5. The molecule has 0 spiro atoms. The first kappa shape index (κ1) is 25.1. The van der Waals surface area contributed by atoms with Gasteiger partial charge in [0.1, 0.15) is 11.6 Å². The Hall–Kier alpha value is -2.97. The first-order chi connectivity index (χ1) is 14.5. The van der Waals surface area contributed by atoms with Crippen LogP contribution in [0.15, 0.2) is 24.3 Å². The normalized spacial score (nSPS) is 10.3. The van der Waals surface area contributed by atoms with E-state index in [4.69, 9.17) is 32.4 Å². The van der Waals surface area contributed by atoms with Crippen molar-refractivity contribution >= 4 is 17.8 Å². The Morgan fingerprint density at radius 1 is 0.700 bits per heavy atom. The summed E-state index contributed by atoms with van der Waals surface area (Å²) in [5.74, 6) is 1.28. The SMILES string of the molecule is N=C(N)NCCCCCCCNC(=N)NCCCCCOc1ccc(C(=N)N)cc1. The Bertz CT molecular complexity index is 632. The summed E-state index contributed by atoms with van der Waals surface area (Å²) in [7, 11) is 0. The summed E-state index contributed by atoms with van der Waals surface area (Å²) < 4.78 is 5.68. The highest BCUT2D eigenvalue weighted by Gasteiger charge is 1.99. The van der Waals surface area contributed by atoms with Gasteiger partial charge in [-0.25, -0.2) is 0 Å². The molecular formula is C21H38N8O. The molecule has 0 unspecified atom stereocenters. The summed E-state index contributed by atoms with van der Waals surface area (Å²) in [6.45, 7) is 3.01. The van der Waals surface area contributed by atoms with Crippen molar-refractivity contribution < 1.29 is 4.74 Å². The minimum atomic E-state index is 0.0378. The van der Waals surface area contributed by atoms with Crippen LogP contribution in [0.1, 0.15) is 56.9 Å². The van der Waals surface area contributed by atoms with Gasteiger partial charge in [-0.15, -0.1) is 0 Å². The summed E-state index contributed by atoms with van der Waals surface area (Å²) in [6, 6.07) is 7.23. The van der Waals surface area contributed by atoms with Crippen LogP contribution in [0.3, 0.4) is 0 Å². The lowest BCUT2D eigenvalue weighted by atomic mass is 10.1. The first-order valence-corrected chi connectivity index (χ1v) is 10.7. The summed E-state index contributed by atoms with van der Waals surface area (Å²) in [4.78, 5) is 0. The molecule has 1 aromatic carbocycles. The predicted octanol–water partition coefficient (Wildman–Crippen LogP) is 2.07. The number of hydrogen-bond acceptors (Lipinski definition) is 4. The van der Waals surface area contributed by atoms with E-state index >= 15 is 0 Å². The lowest BCUT2D eigenvalue weighted by Gasteiger charge is -2.10. The third-order valence-corrected chi connectivity index (χ3v) is 4.53. The van der Waals surface area contributed by atoms with Crippen LogP contribution >= 0.6 is 0 Å². The van der Waals surface area contributed by atoms with Crippen molar-refractivity contribution in [3.05, 3.63) is 29.8 Å². The van der Waals surface area contributed by atoms with Crippen molar-refractivity contribution in [1.82, 2.24) is 16.0 Å². The van der Waals surface area contributed by atoms with Gasteiger partial charge in [-0.05, 0) is 56.4 Å². The molecule has 0 amide bonds. The fraction of sp³-hybridized carbons (Fsp3) is 0.571. The number of amidine groups is 1. The van der Waals surface area contributed by atoms with Crippen LogP contribution in [0.5, 0.6) is 5.75 Å². The number of hydrogen-bond donors (Lipinski definition) is 8. The standard InChI is InChI=1S/C21H38N8O/c22-19(23)17-9-11-18(12-10-17)30-16-8-4-7-15-29-21(26)28-14-6-3-1-2-5-13-27-20(24)25/h9-12H,1-8,13-16H2,(H3,22,23)(H4,24,25,27)(H3,26,28,29). The zero-order valence-corrected chi connectivity index (χ0v) is 17.9. The van der Waals surface area contributed by atoms with Crippen molar-refractivity contribution in [2.24, 2.45) is 11.5 Å². The van der Waals surface area contributed by atoms with Crippen LogP contribution in [-0.2, 0) is 0 Å². The fourth-order valence-corrected chi connectivity index (χ4v) is 2.82. The third-order valence-electron chi connectivity index (χ3n) is 4.53. The highest BCUT2D eigenvalue weighted by Crippen LogP contribution is 2.12. The molecule has 0 aliphatic heterocycles. The molecule has 0 aliphatic rings. The van der Waals surface area contributed by atoms with Crippen molar-refractivity contribution in [1.29, 1.82) is 16.2 Å². The number of nitrogens with two attached hydrogens (primary N) is 2. The molecule has 0 bridgehead atoms. The lowest BCUT2D eigenvalue weighted by molar-refractivity contribution is 0.305. The zero-order valence-electron chi connectivity index (χ0n) is 17.9. The highest BCUT2D eigenvalue weighted by molar-refractivity contribution is 5.94. The molecule has 1 aromatic rings. The van der Waals surface area contributed by atoms with Gasteiger partial charge < -0.3 is 32.2 Å². The molecule has 0 radical (unpaired) electrons. The van der Waals surface area contributed by atoms with Crippen LogP contribution in [0, 0.1) is 16.2 Å². The number of unbranched alkanes of at least 4 members (excludes halogenated alkanes) is 6. The molecule has 0 saturated heterocycles. The third kappa shape index (κ3) is 13.2. The molecule has 0 heterocycles. The second-order valence-corrected chi connectivity index (χ2v) is 7.18. The molecular weight excluding hydrogens is 380 g/mol. The molecule has 10 N–H and O–H groups in total. The van der Waals surface area contributed by atoms with Gasteiger partial charge >= 0.3 is 0 Å². The van der Waals surface area contributed by atoms with Gasteiger partial charge in [-0.3, -0.25) is 16.2 Å². The Morgan fingerprint density at radius 3 is 1.73 bits per heavy atom. The van der Waals surface area contributed by atoms with Gasteiger partial charge in [0.2, 0.25) is 0 Å². The van der Waals surface area contributed by atoms with E-state index < -0.39 is 0 Å². The van der Waals surface area contributed by atoms with E-state index in [1.54, 1.807) is 12.1 Å². The largest absolute Gasteiger partial charge is 0.494 e. The van der Waals surface area contributed by atoms with Crippen LogP contribution in [0.25, 0.3) is 0 Å². The molecule has 30 heavy (non-hydrogen) atoms. The Labute approximate surface area is 179 Å². The van der Waals surface area contributed by atoms with Gasteiger partial charge in [0.05, 0.1) is 6.61 Å². The van der Waals surface area contributed by atoms with Crippen LogP contribution < -0.4 is 32.2 Å². The second kappa shape index (κ2) is 15.9. The fourth-order valence-electron chi connectivity index (χ4n) is 2.82. The van der Waals surface area contributed by atoms with Gasteiger partial charge in [0.15, 0.2) is 11.9 Å². The van der Waals surface area contributed by atoms with E-state index in [0.717, 1.165) is 76.8 Å². The Kier molecular flexibility index (Phi) is 13.3. The van der Waals surface area contributed by atoms with Gasteiger partial charge in [-0.2, -0.15) is 0 Å². The van der Waals surface area contributed by atoms with Crippen molar-refractivity contribution in [2.45, 2.75) is 51.4 Å². The predicted molar refractivity (Wildman–Crippen MR) is 124 cm³/mol. The molecule has 0 saturated carbocycles. The van der Waals surface area contributed by atoms with Gasteiger partial charge in [0.25, 0.3) is 0 Å². The second-order valence-electron chi connectivity index (χ2n) is 7.18. The topological polar surface area (TPSA) is 169 Å². The minimum Gasteiger partial charge on any atom is -0.494 e. The van der Waals surface area contributed by atoms with E-state index in [2.05, 4.69) is 16.0 Å². The average molecular weight is 419 g/mol. The number of ether oxygens (including phenoxy) is 1. The van der Waals surface area contributed by atoms with E-state index in [1.165, 1.54) is 0 Å². The number of benzene rings is 1. The molecule has 0 aliphatic carbocycles. The molecule has 9 nitrogen and oxygen atoms in total. The van der Waals surface area contributed by atoms with Crippen molar-refractivity contribution in [2.75, 3.05) is 26.2 Å². The van der Waals surface area contributed by atoms with Gasteiger partial charge in [-0.1, -0.05) is 19.3 Å². The maximum atomic E-state index is 7.87. The number of nitrogens with one attached hydrogen (secondary N) is 6. The molecule has 168 valence electrons. The average Bonchev–Trinajstić information content (AvgIpc) is 2.72. The number of rotatable bonds is 16. The number of nitrogen functional groups attached to an aromatic ring is 1. The smallest absolute Gasteiger partial charge is 0.188 e. The zero-order chi connectivity index (χ0) is 22.0. The number of guanidine groups is 2. The van der Waals surface area contributed by atoms with Crippen molar-refractivity contribution in [3.8, 4) is 5.75 Å². The summed E-state index contributed by atoms with van der Waals surface area (Å²) in [5.41, 5.74) is 11.3. The van der Waals surface area contributed by atoms with E-state index in [0.29, 0.717) is 18.1 Å². The van der Waals surface area contributed by atoms with Crippen LogP contribution in [0.4, 0.5) is 0 Å². The van der Waals surface area contributed by atoms with E-state index in [1.807, 2.05) is 12.1 Å². The van der Waals surface area contributed by atoms with Crippen molar-refractivity contribution in [3.63, 3.8) is 0 Å². The van der Waals surface area contributed by atoms with Crippen LogP contribution in [-0.4, -0.2) is 44.0 Å². The van der Waals surface area contributed by atoms with E-state index in [9.17, 15) is 0 Å². The van der Waals surface area contributed by atoms with Crippen LogP contribution in [0.2, 0.25) is 0 Å². The molecule has 1 rings (SSSR count). The summed E-state index contributed by atoms with van der Waals surface area (Å²) in [6.07, 6.45) is 8.48. The lowest BCUT2D eigenvalue weighted by Crippen LogP contribution is -2.37. The maximum Gasteiger partial charge on any atom is 0.188 e. The molecule has 0 atom stereocenters. The minimum absolute atomic E-state index is 0.0378. The maximum absolute atomic E-state index is 7.87. The summed E-state index contributed by atoms with van der Waals surface area (Å²) >= 11 is 0. The monoisotopic (exact) mass is 418 g/mol. The van der Waals surface area contributed by atoms with Gasteiger partial charge in [0, 0.05) is 25.2 Å².